The smallest absolute Gasteiger partial charge is 0.279 e. The maximum absolute atomic E-state index is 11.8. The van der Waals surface area contributed by atoms with E-state index in [1.54, 1.807) is 0 Å². The summed E-state index contributed by atoms with van der Waals surface area (Å²) in [5, 5.41) is 10.0. The van der Waals surface area contributed by atoms with E-state index in [0.717, 1.165) is 12.8 Å². The van der Waals surface area contributed by atoms with Crippen LogP contribution in [-0.4, -0.2) is 43.1 Å². The van der Waals surface area contributed by atoms with Gasteiger partial charge < -0.3 is 5.11 Å². The highest BCUT2D eigenvalue weighted by molar-refractivity contribution is 7.87. The van der Waals surface area contributed by atoms with Gasteiger partial charge in [-0.1, -0.05) is 12.8 Å². The molecule has 0 aromatic heterocycles. The van der Waals surface area contributed by atoms with Gasteiger partial charge in [0.15, 0.2) is 0 Å². The monoisotopic (exact) mass is 250 g/mol. The van der Waals surface area contributed by atoms with Crippen molar-refractivity contribution < 1.29 is 13.5 Å². The van der Waals surface area contributed by atoms with E-state index < -0.39 is 15.8 Å². The molecule has 0 bridgehead atoms. The van der Waals surface area contributed by atoms with Crippen LogP contribution >= 0.6 is 0 Å². The van der Waals surface area contributed by atoms with E-state index in [2.05, 4.69) is 4.72 Å². The first-order chi connectivity index (χ1) is 7.27. The molecule has 1 aliphatic rings. The molecular formula is C10H22N2O3S. The van der Waals surface area contributed by atoms with E-state index >= 15 is 0 Å². The maximum Gasteiger partial charge on any atom is 0.279 e. The molecule has 0 heterocycles. The number of hydrogen-bond acceptors (Lipinski definition) is 3. The van der Waals surface area contributed by atoms with Gasteiger partial charge in [0.2, 0.25) is 0 Å². The second-order valence-corrected chi connectivity index (χ2v) is 6.68. The molecule has 0 amide bonds. The Labute approximate surface area is 98.0 Å². The second kappa shape index (κ2) is 5.00. The van der Waals surface area contributed by atoms with Crippen molar-refractivity contribution in [3.8, 4) is 0 Å². The summed E-state index contributed by atoms with van der Waals surface area (Å²) in [6.45, 7) is 3.74. The van der Waals surface area contributed by atoms with Crippen molar-refractivity contribution in [1.82, 2.24) is 9.03 Å². The van der Waals surface area contributed by atoms with Crippen LogP contribution in [0.2, 0.25) is 0 Å². The van der Waals surface area contributed by atoms with Gasteiger partial charge in [-0.3, -0.25) is 0 Å². The number of nitrogens with zero attached hydrogens (tertiary/aromatic N) is 1. The lowest BCUT2D eigenvalue weighted by molar-refractivity contribution is 0.0527. The fraction of sp³-hybridized carbons (Fsp3) is 1.00. The van der Waals surface area contributed by atoms with Crippen molar-refractivity contribution >= 4 is 10.2 Å². The SMILES string of the molecule is CC(C)N(C)S(=O)(=O)NCC1(O)CCCC1. The Morgan fingerprint density at radius 3 is 2.31 bits per heavy atom. The molecule has 0 aromatic carbocycles. The molecule has 6 heteroatoms. The molecule has 0 atom stereocenters. The van der Waals surface area contributed by atoms with Gasteiger partial charge in [-0.15, -0.1) is 0 Å². The molecule has 16 heavy (non-hydrogen) atoms. The van der Waals surface area contributed by atoms with Gasteiger partial charge in [-0.2, -0.15) is 17.4 Å². The Morgan fingerprint density at radius 1 is 1.38 bits per heavy atom. The molecule has 1 rings (SSSR count). The van der Waals surface area contributed by atoms with Crippen LogP contribution in [0.3, 0.4) is 0 Å². The first-order valence-corrected chi connectivity index (χ1v) is 7.16. The zero-order valence-corrected chi connectivity index (χ0v) is 11.0. The minimum absolute atomic E-state index is 0.0873. The third-order valence-electron chi connectivity index (χ3n) is 3.22. The predicted molar refractivity (Wildman–Crippen MR) is 63.2 cm³/mol. The van der Waals surface area contributed by atoms with Crippen LogP contribution in [0.1, 0.15) is 39.5 Å². The van der Waals surface area contributed by atoms with Gasteiger partial charge in [0.1, 0.15) is 0 Å². The van der Waals surface area contributed by atoms with Crippen molar-refractivity contribution in [2.24, 2.45) is 0 Å². The molecule has 1 saturated carbocycles. The topological polar surface area (TPSA) is 69.6 Å². The van der Waals surface area contributed by atoms with Crippen LogP contribution in [0.4, 0.5) is 0 Å². The lowest BCUT2D eigenvalue weighted by Crippen LogP contribution is -2.47. The Bertz CT molecular complexity index is 321. The molecule has 0 unspecified atom stereocenters. The Kier molecular flexibility index (Phi) is 4.34. The van der Waals surface area contributed by atoms with E-state index in [1.807, 2.05) is 13.8 Å². The summed E-state index contributed by atoms with van der Waals surface area (Å²) >= 11 is 0. The Hall–Kier alpha value is -0.170. The molecule has 0 aliphatic heterocycles. The lowest BCUT2D eigenvalue weighted by atomic mass is 10.0. The minimum atomic E-state index is -3.46. The highest BCUT2D eigenvalue weighted by Crippen LogP contribution is 2.28. The molecule has 0 saturated heterocycles. The molecule has 96 valence electrons. The summed E-state index contributed by atoms with van der Waals surface area (Å²) in [5.74, 6) is 0. The summed E-state index contributed by atoms with van der Waals surface area (Å²) in [4.78, 5) is 0. The normalized spacial score (nSPS) is 20.9. The molecule has 1 aliphatic carbocycles. The van der Waals surface area contributed by atoms with Gasteiger partial charge in [0, 0.05) is 19.6 Å². The zero-order valence-electron chi connectivity index (χ0n) is 10.2. The highest BCUT2D eigenvalue weighted by Gasteiger charge is 2.33. The van der Waals surface area contributed by atoms with Crippen LogP contribution in [0.5, 0.6) is 0 Å². The van der Waals surface area contributed by atoms with E-state index in [4.69, 9.17) is 0 Å². The summed E-state index contributed by atoms with van der Waals surface area (Å²) in [6, 6.07) is -0.0873. The van der Waals surface area contributed by atoms with Gasteiger partial charge in [-0.05, 0) is 26.7 Å². The number of nitrogens with one attached hydrogen (secondary N) is 1. The Balaban J connectivity index is 2.54. The molecule has 1 fully saturated rings. The van der Waals surface area contributed by atoms with E-state index in [9.17, 15) is 13.5 Å². The van der Waals surface area contributed by atoms with Crippen molar-refractivity contribution in [2.75, 3.05) is 13.6 Å². The van der Waals surface area contributed by atoms with Crippen molar-refractivity contribution in [2.45, 2.75) is 51.2 Å². The summed E-state index contributed by atoms with van der Waals surface area (Å²) in [6.07, 6.45) is 3.30. The van der Waals surface area contributed by atoms with Gasteiger partial charge in [0.25, 0.3) is 10.2 Å². The first-order valence-electron chi connectivity index (χ1n) is 5.72. The second-order valence-electron chi connectivity index (χ2n) is 4.87. The quantitative estimate of drug-likeness (QED) is 0.745. The zero-order chi connectivity index (χ0) is 12.4. The van der Waals surface area contributed by atoms with Crippen molar-refractivity contribution in [1.29, 1.82) is 0 Å². The van der Waals surface area contributed by atoms with E-state index in [1.165, 1.54) is 11.4 Å². The van der Waals surface area contributed by atoms with Crippen molar-refractivity contribution in [3.63, 3.8) is 0 Å². The average Bonchev–Trinajstić information content (AvgIpc) is 2.62. The largest absolute Gasteiger partial charge is 0.389 e. The number of rotatable bonds is 5. The van der Waals surface area contributed by atoms with E-state index in [-0.39, 0.29) is 12.6 Å². The van der Waals surface area contributed by atoms with Crippen molar-refractivity contribution in [3.05, 3.63) is 0 Å². The van der Waals surface area contributed by atoms with Crippen LogP contribution < -0.4 is 4.72 Å². The molecule has 5 nitrogen and oxygen atoms in total. The van der Waals surface area contributed by atoms with Crippen LogP contribution in [0.15, 0.2) is 0 Å². The van der Waals surface area contributed by atoms with Crippen LogP contribution in [0.25, 0.3) is 0 Å². The molecule has 2 N–H and O–H groups in total. The number of hydrogen-bond donors (Lipinski definition) is 2. The molecule has 0 aromatic rings. The maximum atomic E-state index is 11.8. The lowest BCUT2D eigenvalue weighted by Gasteiger charge is -2.26. The van der Waals surface area contributed by atoms with Gasteiger partial charge >= 0.3 is 0 Å². The fourth-order valence-electron chi connectivity index (χ4n) is 1.81. The van der Waals surface area contributed by atoms with Gasteiger partial charge in [-0.25, -0.2) is 0 Å². The molecule has 0 radical (unpaired) electrons. The van der Waals surface area contributed by atoms with Gasteiger partial charge in [0.05, 0.1) is 5.60 Å². The summed E-state index contributed by atoms with van der Waals surface area (Å²) < 4.78 is 27.3. The average molecular weight is 250 g/mol. The van der Waals surface area contributed by atoms with Crippen LogP contribution in [0, 0.1) is 0 Å². The Morgan fingerprint density at radius 2 is 1.88 bits per heavy atom. The third-order valence-corrected chi connectivity index (χ3v) is 4.91. The molecular weight excluding hydrogens is 228 g/mol. The predicted octanol–water partition coefficient (Wildman–Crippen LogP) is 0.466. The standard InChI is InChI=1S/C10H22N2O3S/c1-9(2)12(3)16(14,15)11-8-10(13)6-4-5-7-10/h9,11,13H,4-8H2,1-3H3. The number of aliphatic hydroxyl groups is 1. The fourth-order valence-corrected chi connectivity index (χ4v) is 3.02. The summed E-state index contributed by atoms with van der Waals surface area (Å²) in [7, 11) is -1.93. The van der Waals surface area contributed by atoms with Crippen LogP contribution in [-0.2, 0) is 10.2 Å². The highest BCUT2D eigenvalue weighted by atomic mass is 32.2. The summed E-state index contributed by atoms with van der Waals surface area (Å²) in [5.41, 5.74) is -0.842. The first kappa shape index (κ1) is 13.9. The molecule has 0 spiro atoms. The third kappa shape index (κ3) is 3.41. The van der Waals surface area contributed by atoms with E-state index in [0.29, 0.717) is 12.8 Å². The minimum Gasteiger partial charge on any atom is -0.389 e.